The molecule has 0 aliphatic carbocycles. The third-order valence-electron chi connectivity index (χ3n) is 3.55. The van der Waals surface area contributed by atoms with Crippen molar-refractivity contribution in [3.05, 3.63) is 101 Å². The van der Waals surface area contributed by atoms with E-state index >= 15 is 0 Å². The van der Waals surface area contributed by atoms with Crippen LogP contribution in [0.25, 0.3) is 17.2 Å². The van der Waals surface area contributed by atoms with Crippen molar-refractivity contribution in [2.45, 2.75) is 0 Å². The lowest BCUT2D eigenvalue weighted by molar-refractivity contribution is 0.104. The van der Waals surface area contributed by atoms with Crippen LogP contribution in [0.1, 0.15) is 15.9 Å². The van der Waals surface area contributed by atoms with Gasteiger partial charge in [-0.1, -0.05) is 84.4 Å². The molecule has 3 aromatic rings. The molecule has 0 saturated heterocycles. The Bertz CT molecular complexity index is 833. The van der Waals surface area contributed by atoms with E-state index in [1.807, 2.05) is 84.9 Å². The smallest absolute Gasteiger partial charge is 0.185 e. The fraction of sp³-hybridized carbons (Fsp3) is 0. The molecule has 0 radical (unpaired) electrons. The van der Waals surface area contributed by atoms with Gasteiger partial charge in [-0.15, -0.1) is 0 Å². The van der Waals surface area contributed by atoms with Crippen LogP contribution in [0.4, 0.5) is 0 Å². The van der Waals surface area contributed by atoms with Crippen LogP contribution >= 0.6 is 11.6 Å². The Hall–Kier alpha value is -2.64. The largest absolute Gasteiger partial charge is 0.289 e. The lowest BCUT2D eigenvalue weighted by Crippen LogP contribution is -1.92. The maximum Gasteiger partial charge on any atom is 0.185 e. The molecule has 0 amide bonds. The molecule has 23 heavy (non-hydrogen) atoms. The van der Waals surface area contributed by atoms with E-state index in [0.29, 0.717) is 5.56 Å². The molecule has 0 bridgehead atoms. The number of carbonyl (C=O) groups excluding carboxylic acids is 1. The third kappa shape index (κ3) is 3.97. The predicted molar refractivity (Wildman–Crippen MR) is 96.7 cm³/mol. The van der Waals surface area contributed by atoms with E-state index in [9.17, 15) is 4.79 Å². The highest BCUT2D eigenvalue weighted by Gasteiger charge is 2.00. The summed E-state index contributed by atoms with van der Waals surface area (Å²) in [6, 6.07) is 25.0. The van der Waals surface area contributed by atoms with Gasteiger partial charge in [-0.25, -0.2) is 0 Å². The van der Waals surface area contributed by atoms with Crippen LogP contribution in [0, 0.1) is 0 Å². The van der Waals surface area contributed by atoms with Gasteiger partial charge in [-0.3, -0.25) is 4.79 Å². The molecule has 0 atom stereocenters. The summed E-state index contributed by atoms with van der Waals surface area (Å²) in [5.41, 5.74) is 3.85. The van der Waals surface area contributed by atoms with Gasteiger partial charge >= 0.3 is 0 Å². The number of hydrogen-bond donors (Lipinski definition) is 0. The minimum absolute atomic E-state index is 0.00418. The highest BCUT2D eigenvalue weighted by atomic mass is 35.5. The Labute approximate surface area is 140 Å². The molecule has 0 aliphatic heterocycles. The van der Waals surface area contributed by atoms with E-state index in [1.54, 1.807) is 6.08 Å². The van der Waals surface area contributed by atoms with Gasteiger partial charge in [0.05, 0.1) is 0 Å². The second kappa shape index (κ2) is 7.08. The second-order valence-electron chi connectivity index (χ2n) is 5.20. The zero-order chi connectivity index (χ0) is 16.1. The number of ketones is 1. The third-order valence-corrected chi connectivity index (χ3v) is 3.79. The zero-order valence-electron chi connectivity index (χ0n) is 12.4. The monoisotopic (exact) mass is 318 g/mol. The molecule has 0 aromatic heterocycles. The van der Waals surface area contributed by atoms with Crippen LogP contribution < -0.4 is 0 Å². The molecule has 0 N–H and O–H groups in total. The lowest BCUT2D eigenvalue weighted by atomic mass is 10.0. The fourth-order valence-corrected chi connectivity index (χ4v) is 2.52. The first-order valence-corrected chi connectivity index (χ1v) is 7.74. The molecule has 3 aromatic carbocycles. The standard InChI is InChI=1S/C21H15ClO/c22-20-8-4-7-19(15-20)17-12-9-16(10-13-17)11-14-21(23)18-5-2-1-3-6-18/h1-15H/b14-11+. The van der Waals surface area contributed by atoms with Gasteiger partial charge in [0.2, 0.25) is 0 Å². The highest BCUT2D eigenvalue weighted by Crippen LogP contribution is 2.23. The molecule has 0 spiro atoms. The normalized spacial score (nSPS) is 10.8. The molecule has 3 rings (SSSR count). The summed E-state index contributed by atoms with van der Waals surface area (Å²) in [6.07, 6.45) is 3.43. The van der Waals surface area contributed by atoms with Crippen LogP contribution in [0.5, 0.6) is 0 Å². The summed E-state index contributed by atoms with van der Waals surface area (Å²) in [6.45, 7) is 0. The van der Waals surface area contributed by atoms with E-state index in [1.165, 1.54) is 0 Å². The Morgan fingerprint density at radius 3 is 2.22 bits per heavy atom. The Morgan fingerprint density at radius 2 is 1.52 bits per heavy atom. The van der Waals surface area contributed by atoms with Crippen molar-refractivity contribution in [3.8, 4) is 11.1 Å². The molecule has 0 fully saturated rings. The molecule has 112 valence electrons. The molecule has 0 unspecified atom stereocenters. The van der Waals surface area contributed by atoms with Crippen molar-refractivity contribution in [3.63, 3.8) is 0 Å². The summed E-state index contributed by atoms with van der Waals surface area (Å²) in [5.74, 6) is 0.00418. The maximum atomic E-state index is 12.0. The van der Waals surface area contributed by atoms with E-state index < -0.39 is 0 Å². The Balaban J connectivity index is 1.75. The van der Waals surface area contributed by atoms with Crippen molar-refractivity contribution < 1.29 is 4.79 Å². The molecule has 0 heterocycles. The van der Waals surface area contributed by atoms with E-state index in [-0.39, 0.29) is 5.78 Å². The lowest BCUT2D eigenvalue weighted by Gasteiger charge is -2.03. The minimum Gasteiger partial charge on any atom is -0.289 e. The van der Waals surface area contributed by atoms with Crippen LogP contribution in [0.2, 0.25) is 5.02 Å². The number of hydrogen-bond acceptors (Lipinski definition) is 1. The zero-order valence-corrected chi connectivity index (χ0v) is 13.2. The minimum atomic E-state index is 0.00418. The number of carbonyl (C=O) groups is 1. The predicted octanol–water partition coefficient (Wildman–Crippen LogP) is 5.90. The van der Waals surface area contributed by atoms with Crippen molar-refractivity contribution in [1.29, 1.82) is 0 Å². The Kier molecular flexibility index (Phi) is 4.70. The average molecular weight is 319 g/mol. The SMILES string of the molecule is O=C(/C=C/c1ccc(-c2cccc(Cl)c2)cc1)c1ccccc1. The molecule has 2 heteroatoms. The van der Waals surface area contributed by atoms with E-state index in [0.717, 1.165) is 21.7 Å². The number of benzene rings is 3. The van der Waals surface area contributed by atoms with Crippen LogP contribution in [-0.4, -0.2) is 5.78 Å². The average Bonchev–Trinajstić information content (AvgIpc) is 2.61. The van der Waals surface area contributed by atoms with Crippen molar-refractivity contribution in [2.75, 3.05) is 0 Å². The summed E-state index contributed by atoms with van der Waals surface area (Å²) in [7, 11) is 0. The van der Waals surface area contributed by atoms with Gasteiger partial charge in [0.15, 0.2) is 5.78 Å². The van der Waals surface area contributed by atoms with Gasteiger partial charge in [0.25, 0.3) is 0 Å². The fourth-order valence-electron chi connectivity index (χ4n) is 2.33. The molecule has 1 nitrogen and oxygen atoms in total. The van der Waals surface area contributed by atoms with Gasteiger partial charge in [-0.05, 0) is 34.9 Å². The topological polar surface area (TPSA) is 17.1 Å². The van der Waals surface area contributed by atoms with Crippen LogP contribution in [-0.2, 0) is 0 Å². The molecule has 0 aliphatic rings. The van der Waals surface area contributed by atoms with E-state index in [4.69, 9.17) is 11.6 Å². The first-order valence-electron chi connectivity index (χ1n) is 7.36. The molecule has 0 saturated carbocycles. The Morgan fingerprint density at radius 1 is 0.783 bits per heavy atom. The number of halogens is 1. The first-order chi connectivity index (χ1) is 11.2. The summed E-state index contributed by atoms with van der Waals surface area (Å²) in [4.78, 5) is 12.0. The number of rotatable bonds is 4. The maximum absolute atomic E-state index is 12.0. The van der Waals surface area contributed by atoms with Crippen LogP contribution in [0.15, 0.2) is 84.9 Å². The van der Waals surface area contributed by atoms with Crippen molar-refractivity contribution in [2.24, 2.45) is 0 Å². The molecular weight excluding hydrogens is 304 g/mol. The van der Waals surface area contributed by atoms with E-state index in [2.05, 4.69) is 0 Å². The molecular formula is C21H15ClO. The summed E-state index contributed by atoms with van der Waals surface area (Å²) in [5, 5.41) is 0.722. The van der Waals surface area contributed by atoms with Gasteiger partial charge < -0.3 is 0 Å². The first kappa shape index (κ1) is 15.3. The quantitative estimate of drug-likeness (QED) is 0.432. The van der Waals surface area contributed by atoms with Gasteiger partial charge in [0.1, 0.15) is 0 Å². The van der Waals surface area contributed by atoms with Gasteiger partial charge in [0, 0.05) is 10.6 Å². The highest BCUT2D eigenvalue weighted by molar-refractivity contribution is 6.30. The van der Waals surface area contributed by atoms with Crippen molar-refractivity contribution in [1.82, 2.24) is 0 Å². The van der Waals surface area contributed by atoms with Crippen LogP contribution in [0.3, 0.4) is 0 Å². The number of allylic oxidation sites excluding steroid dienone is 1. The van der Waals surface area contributed by atoms with Crippen molar-refractivity contribution >= 4 is 23.5 Å². The van der Waals surface area contributed by atoms with Gasteiger partial charge in [-0.2, -0.15) is 0 Å². The summed E-state index contributed by atoms with van der Waals surface area (Å²) < 4.78 is 0. The second-order valence-corrected chi connectivity index (χ2v) is 5.63. The summed E-state index contributed by atoms with van der Waals surface area (Å²) >= 11 is 6.02.